The fourth-order valence-electron chi connectivity index (χ4n) is 1.96. The molecule has 6 nitrogen and oxygen atoms in total. The third kappa shape index (κ3) is 3.92. The molecule has 1 atom stereocenters. The fourth-order valence-corrected chi connectivity index (χ4v) is 1.96. The Balaban J connectivity index is 2.08. The molecule has 0 bridgehead atoms. The van der Waals surface area contributed by atoms with Crippen molar-refractivity contribution in [1.82, 2.24) is 15.8 Å². The first kappa shape index (κ1) is 14.8. The van der Waals surface area contributed by atoms with Gasteiger partial charge in [-0.15, -0.1) is 0 Å². The molecule has 0 saturated heterocycles. The summed E-state index contributed by atoms with van der Waals surface area (Å²) in [6.45, 7) is 1.78. The molecule has 2 rings (SSSR count). The van der Waals surface area contributed by atoms with Gasteiger partial charge in [0.05, 0.1) is 12.1 Å². The minimum Gasteiger partial charge on any atom is -0.361 e. The number of aryl methyl sites for hydroxylation is 1. The first-order valence-electron chi connectivity index (χ1n) is 6.58. The van der Waals surface area contributed by atoms with Crippen molar-refractivity contribution in [2.75, 3.05) is 7.05 Å². The molecule has 0 radical (unpaired) electrons. The van der Waals surface area contributed by atoms with Crippen LogP contribution >= 0.6 is 0 Å². The second kappa shape index (κ2) is 6.69. The second-order valence-corrected chi connectivity index (χ2v) is 4.64. The number of benzene rings is 1. The van der Waals surface area contributed by atoms with Crippen molar-refractivity contribution < 1.29 is 14.1 Å². The van der Waals surface area contributed by atoms with Crippen LogP contribution < -0.4 is 10.6 Å². The average Bonchev–Trinajstić information content (AvgIpc) is 2.90. The highest BCUT2D eigenvalue weighted by molar-refractivity contribution is 5.89. The lowest BCUT2D eigenvalue weighted by molar-refractivity contribution is -0.128. The Hall–Kier alpha value is -2.63. The zero-order valence-electron chi connectivity index (χ0n) is 11.9. The molecule has 1 aromatic carbocycles. The number of nitrogens with zero attached hydrogens (tertiary/aromatic N) is 1. The van der Waals surface area contributed by atoms with Gasteiger partial charge < -0.3 is 15.2 Å². The zero-order chi connectivity index (χ0) is 15.2. The van der Waals surface area contributed by atoms with Gasteiger partial charge in [0.1, 0.15) is 11.8 Å². The van der Waals surface area contributed by atoms with Gasteiger partial charge in [-0.25, -0.2) is 0 Å². The van der Waals surface area contributed by atoms with E-state index in [2.05, 4.69) is 15.8 Å². The molecule has 0 aliphatic heterocycles. The van der Waals surface area contributed by atoms with E-state index in [0.29, 0.717) is 11.5 Å². The van der Waals surface area contributed by atoms with E-state index in [1.807, 2.05) is 18.2 Å². The van der Waals surface area contributed by atoms with Crippen LogP contribution in [0, 0.1) is 6.92 Å². The molecule has 1 heterocycles. The fraction of sp³-hybridized carbons (Fsp3) is 0.267. The molecular weight excluding hydrogens is 270 g/mol. The molecule has 2 amide bonds. The van der Waals surface area contributed by atoms with Crippen LogP contribution in [-0.4, -0.2) is 24.0 Å². The van der Waals surface area contributed by atoms with Gasteiger partial charge in [-0.1, -0.05) is 35.5 Å². The number of carbonyl (C=O) groups excluding carboxylic acids is 2. The summed E-state index contributed by atoms with van der Waals surface area (Å²) in [6.07, 6.45) is 0.0428. The maximum absolute atomic E-state index is 12.0. The molecular formula is C15H17N3O3. The molecule has 0 fully saturated rings. The van der Waals surface area contributed by atoms with Gasteiger partial charge in [-0.05, 0) is 12.5 Å². The first-order chi connectivity index (χ1) is 10.1. The second-order valence-electron chi connectivity index (χ2n) is 4.64. The number of amides is 2. The summed E-state index contributed by atoms with van der Waals surface area (Å²) in [5.74, 6) is -0.111. The zero-order valence-corrected chi connectivity index (χ0v) is 11.9. The molecule has 6 heteroatoms. The summed E-state index contributed by atoms with van der Waals surface area (Å²) >= 11 is 0. The van der Waals surface area contributed by atoms with E-state index in [1.165, 1.54) is 7.05 Å². The number of carbonyl (C=O) groups is 2. The molecule has 0 aliphatic rings. The van der Waals surface area contributed by atoms with E-state index in [9.17, 15) is 9.59 Å². The summed E-state index contributed by atoms with van der Waals surface area (Å²) < 4.78 is 5.00. The van der Waals surface area contributed by atoms with E-state index in [4.69, 9.17) is 4.52 Å². The topological polar surface area (TPSA) is 84.2 Å². The maximum Gasteiger partial charge on any atom is 0.246 e. The van der Waals surface area contributed by atoms with E-state index in [0.717, 1.165) is 5.56 Å². The third-order valence-corrected chi connectivity index (χ3v) is 2.96. The van der Waals surface area contributed by atoms with Crippen molar-refractivity contribution in [3.05, 3.63) is 53.4 Å². The summed E-state index contributed by atoms with van der Waals surface area (Å²) in [5, 5.41) is 8.97. The summed E-state index contributed by atoms with van der Waals surface area (Å²) in [4.78, 5) is 24.0. The number of nitrogens with one attached hydrogen (secondary N) is 2. The lowest BCUT2D eigenvalue weighted by Crippen LogP contribution is -2.39. The van der Waals surface area contributed by atoms with Crippen molar-refractivity contribution in [1.29, 1.82) is 0 Å². The van der Waals surface area contributed by atoms with Gasteiger partial charge in [0.15, 0.2) is 0 Å². The Bertz CT molecular complexity index is 622. The first-order valence-corrected chi connectivity index (χ1v) is 6.58. The highest BCUT2D eigenvalue weighted by Gasteiger charge is 2.22. The van der Waals surface area contributed by atoms with Crippen LogP contribution in [-0.2, 0) is 16.0 Å². The quantitative estimate of drug-likeness (QED) is 0.863. The van der Waals surface area contributed by atoms with Crippen molar-refractivity contribution in [2.45, 2.75) is 19.4 Å². The number of hydrogen-bond acceptors (Lipinski definition) is 4. The molecule has 2 aromatic rings. The molecule has 0 spiro atoms. The molecule has 1 aromatic heterocycles. The van der Waals surface area contributed by atoms with Gasteiger partial charge in [-0.3, -0.25) is 9.59 Å². The minimum atomic E-state index is -0.729. The lowest BCUT2D eigenvalue weighted by Gasteiger charge is -2.17. The van der Waals surface area contributed by atoms with Crippen molar-refractivity contribution in [3.63, 3.8) is 0 Å². The van der Waals surface area contributed by atoms with E-state index >= 15 is 0 Å². The molecule has 2 N–H and O–H groups in total. The van der Waals surface area contributed by atoms with Crippen LogP contribution in [0.2, 0.25) is 0 Å². The highest BCUT2D eigenvalue weighted by Crippen LogP contribution is 2.13. The molecule has 110 valence electrons. The third-order valence-electron chi connectivity index (χ3n) is 2.96. The monoisotopic (exact) mass is 287 g/mol. The lowest BCUT2D eigenvalue weighted by atomic mass is 10.1. The van der Waals surface area contributed by atoms with Gasteiger partial charge >= 0.3 is 0 Å². The molecule has 0 unspecified atom stereocenters. The Morgan fingerprint density at radius 3 is 2.57 bits per heavy atom. The van der Waals surface area contributed by atoms with Crippen molar-refractivity contribution in [2.24, 2.45) is 0 Å². The molecule has 21 heavy (non-hydrogen) atoms. The maximum atomic E-state index is 12.0. The van der Waals surface area contributed by atoms with Gasteiger partial charge in [0, 0.05) is 13.1 Å². The molecule has 0 aliphatic carbocycles. The predicted molar refractivity (Wildman–Crippen MR) is 76.3 cm³/mol. The largest absolute Gasteiger partial charge is 0.361 e. The van der Waals surface area contributed by atoms with Crippen LogP contribution in [0.15, 0.2) is 40.9 Å². The Kier molecular flexibility index (Phi) is 4.71. The number of rotatable bonds is 5. The van der Waals surface area contributed by atoms with Gasteiger partial charge in [-0.2, -0.15) is 0 Å². The Labute approximate surface area is 122 Å². The SMILES string of the molecule is CNC(=O)[C@H](NC(=O)Cc1cc(C)no1)c1ccccc1. The minimum absolute atomic E-state index is 0.0428. The van der Waals surface area contributed by atoms with Crippen LogP contribution in [0.5, 0.6) is 0 Å². The Morgan fingerprint density at radius 1 is 1.29 bits per heavy atom. The average molecular weight is 287 g/mol. The van der Waals surface area contributed by atoms with Crippen LogP contribution in [0.25, 0.3) is 0 Å². The summed E-state index contributed by atoms with van der Waals surface area (Å²) in [7, 11) is 1.53. The van der Waals surface area contributed by atoms with E-state index in [-0.39, 0.29) is 18.2 Å². The van der Waals surface area contributed by atoms with Crippen LogP contribution in [0.4, 0.5) is 0 Å². The Morgan fingerprint density at radius 2 is 2.00 bits per heavy atom. The number of likely N-dealkylation sites (N-methyl/N-ethyl adjacent to an activating group) is 1. The summed E-state index contributed by atoms with van der Waals surface area (Å²) in [6, 6.07) is 10.0. The van der Waals surface area contributed by atoms with Crippen LogP contribution in [0.3, 0.4) is 0 Å². The van der Waals surface area contributed by atoms with E-state index in [1.54, 1.807) is 25.1 Å². The number of hydrogen-bond donors (Lipinski definition) is 2. The number of aromatic nitrogens is 1. The smallest absolute Gasteiger partial charge is 0.246 e. The van der Waals surface area contributed by atoms with Gasteiger partial charge in [0.25, 0.3) is 0 Å². The van der Waals surface area contributed by atoms with Gasteiger partial charge in [0.2, 0.25) is 11.8 Å². The molecule has 0 saturated carbocycles. The van der Waals surface area contributed by atoms with E-state index < -0.39 is 6.04 Å². The van der Waals surface area contributed by atoms with Crippen molar-refractivity contribution in [3.8, 4) is 0 Å². The standard InChI is InChI=1S/C15H17N3O3/c1-10-8-12(21-18-10)9-13(19)17-14(15(20)16-2)11-6-4-3-5-7-11/h3-8,14H,9H2,1-2H3,(H,16,20)(H,17,19)/t14-/m1/s1. The highest BCUT2D eigenvalue weighted by atomic mass is 16.5. The normalized spacial score (nSPS) is 11.7. The predicted octanol–water partition coefficient (Wildman–Crippen LogP) is 1.13. The van der Waals surface area contributed by atoms with Crippen LogP contribution in [0.1, 0.15) is 23.1 Å². The summed E-state index contributed by atoms with van der Waals surface area (Å²) in [5.41, 5.74) is 1.43. The van der Waals surface area contributed by atoms with Crippen molar-refractivity contribution >= 4 is 11.8 Å².